The van der Waals surface area contributed by atoms with Crippen LogP contribution in [0.2, 0.25) is 0 Å². The summed E-state index contributed by atoms with van der Waals surface area (Å²) in [6.07, 6.45) is 4.53. The zero-order valence-electron chi connectivity index (χ0n) is 55.3. The molecule has 0 aliphatic carbocycles. The highest BCUT2D eigenvalue weighted by Gasteiger charge is 2.15. The van der Waals surface area contributed by atoms with Crippen LogP contribution in [0.15, 0.2) is 111 Å². The molecule has 9 N–H and O–H groups in total. The largest absolute Gasteiger partial charge is 0.472 e. The van der Waals surface area contributed by atoms with E-state index in [0.717, 1.165) is 50.5 Å². The number of amidine groups is 3. The third-order valence-electron chi connectivity index (χ3n) is 10.7. The first kappa shape index (κ1) is 81.5. The van der Waals surface area contributed by atoms with Crippen LogP contribution in [0.4, 0.5) is 0 Å². The number of carbonyl (C=O) groups excluding carboxylic acids is 2. The quantitative estimate of drug-likeness (QED) is 0.0587. The summed E-state index contributed by atoms with van der Waals surface area (Å²) < 4.78 is 21.9. The Kier molecular flexibility index (Phi) is 41.1. The highest BCUT2D eigenvalue weighted by atomic mass is 32.2. The van der Waals surface area contributed by atoms with Crippen molar-refractivity contribution in [1.29, 1.82) is 0 Å². The van der Waals surface area contributed by atoms with Crippen molar-refractivity contribution in [2.75, 3.05) is 14.1 Å². The van der Waals surface area contributed by atoms with E-state index in [4.69, 9.17) is 18.6 Å². The number of hydroxylamine groups is 2. The molecule has 8 heterocycles. The van der Waals surface area contributed by atoms with Crippen LogP contribution in [-0.4, -0.2) is 76.9 Å². The average molecular weight is 1270 g/mol. The van der Waals surface area contributed by atoms with Gasteiger partial charge in [0.05, 0.1) is 12.5 Å². The second-order valence-corrected chi connectivity index (χ2v) is 24.3. The van der Waals surface area contributed by atoms with E-state index in [1.807, 2.05) is 96.9 Å². The number of amides is 2. The second kappa shape index (κ2) is 43.9. The number of nitrogens with zero attached hydrogens (tertiary/aromatic N) is 6. The van der Waals surface area contributed by atoms with Gasteiger partial charge in [-0.2, -0.15) is 24.6 Å². The number of hydrogen-bond donors (Lipinski definition) is 9. The van der Waals surface area contributed by atoms with Gasteiger partial charge in [-0.25, -0.2) is 20.9 Å². The molecule has 0 atom stereocenters. The molecule has 2 amide bonds. The minimum Gasteiger partial charge on any atom is -0.472 e. The Labute approximate surface area is 525 Å². The van der Waals surface area contributed by atoms with Crippen LogP contribution in [0.5, 0.6) is 0 Å². The number of carbonyl (C=O) groups is 2. The fourth-order valence-corrected chi connectivity index (χ4v) is 7.32. The molecule has 3 aliphatic rings. The van der Waals surface area contributed by atoms with Gasteiger partial charge in [-0.05, 0) is 31.9 Å². The van der Waals surface area contributed by atoms with E-state index in [1.165, 1.54) is 48.4 Å². The molecule has 0 saturated heterocycles. The molecule has 8 rings (SSSR count). The minimum atomic E-state index is -0.168. The Balaban J connectivity index is 0. The van der Waals surface area contributed by atoms with E-state index in [0.29, 0.717) is 58.4 Å². The molecule has 5 aromatic rings. The first-order chi connectivity index (χ1) is 40.5. The highest BCUT2D eigenvalue weighted by molar-refractivity contribution is 8.02. The molecule has 0 spiro atoms. The van der Waals surface area contributed by atoms with Crippen molar-refractivity contribution >= 4 is 64.5 Å². The van der Waals surface area contributed by atoms with Gasteiger partial charge in [-0.3, -0.25) is 42.6 Å². The summed E-state index contributed by atoms with van der Waals surface area (Å²) in [7, 11) is 3.28. The summed E-state index contributed by atoms with van der Waals surface area (Å²) in [5, 5.41) is 14.6. The maximum atomic E-state index is 11.4. The van der Waals surface area contributed by atoms with Crippen LogP contribution in [0.1, 0.15) is 201 Å². The molecular formula is C59H99N15O10S3. The minimum absolute atomic E-state index is 0.0173. The third kappa shape index (κ3) is 36.2. The lowest BCUT2D eigenvalue weighted by molar-refractivity contribution is -0.124. The predicted octanol–water partition coefficient (Wildman–Crippen LogP) is 11.2. The monoisotopic (exact) mass is 1270 g/mol. The van der Waals surface area contributed by atoms with Crippen LogP contribution in [0.3, 0.4) is 0 Å². The van der Waals surface area contributed by atoms with Crippen molar-refractivity contribution in [2.24, 2.45) is 44.6 Å². The van der Waals surface area contributed by atoms with Crippen LogP contribution >= 0.6 is 35.2 Å². The van der Waals surface area contributed by atoms with Gasteiger partial charge in [0.25, 0.3) is 16.7 Å². The Bertz CT molecular complexity index is 2950. The number of rotatable bonds is 10. The fourth-order valence-electron chi connectivity index (χ4n) is 5.37. The lowest BCUT2D eigenvalue weighted by Crippen LogP contribution is -2.22. The van der Waals surface area contributed by atoms with Crippen molar-refractivity contribution in [3.8, 4) is 0 Å². The molecule has 5 aromatic heterocycles. The van der Waals surface area contributed by atoms with Crippen molar-refractivity contribution in [3.63, 3.8) is 0 Å². The Morgan fingerprint density at radius 2 is 1.11 bits per heavy atom. The van der Waals surface area contributed by atoms with Gasteiger partial charge >= 0.3 is 0 Å². The lowest BCUT2D eigenvalue weighted by atomic mass is 10.0. The first-order valence-corrected chi connectivity index (χ1v) is 30.8. The molecule has 87 heavy (non-hydrogen) atoms. The molecule has 25 nitrogen and oxygen atoms in total. The fraction of sp³-hybridized carbons (Fsp3) is 0.559. The number of nitrogens with one attached hydrogen (secondary N) is 9. The number of aryl methyl sites for hydroxylation is 1. The van der Waals surface area contributed by atoms with E-state index < -0.39 is 0 Å². The van der Waals surface area contributed by atoms with Crippen molar-refractivity contribution in [1.82, 2.24) is 59.8 Å². The van der Waals surface area contributed by atoms with E-state index in [1.54, 1.807) is 27.1 Å². The number of aromatic amines is 4. The lowest BCUT2D eigenvalue weighted by Gasteiger charge is -2.02. The third-order valence-corrected chi connectivity index (χ3v) is 13.0. The van der Waals surface area contributed by atoms with Crippen LogP contribution in [0.25, 0.3) is 0 Å². The van der Waals surface area contributed by atoms with Crippen LogP contribution < -0.4 is 48.4 Å². The van der Waals surface area contributed by atoms with Crippen molar-refractivity contribution in [3.05, 3.63) is 142 Å². The zero-order chi connectivity index (χ0) is 67.3. The van der Waals surface area contributed by atoms with Crippen molar-refractivity contribution in [2.45, 2.75) is 175 Å². The van der Waals surface area contributed by atoms with Gasteiger partial charge in [0.2, 0.25) is 23.6 Å². The van der Waals surface area contributed by atoms with E-state index in [-0.39, 0.29) is 63.5 Å². The van der Waals surface area contributed by atoms with Gasteiger partial charge in [-0.1, -0.05) is 157 Å². The summed E-state index contributed by atoms with van der Waals surface area (Å²) in [5.74, 6) is 8.62. The molecule has 3 aliphatic heterocycles. The molecule has 0 fully saturated rings. The standard InChI is InChI=1S/C9H12O2.2C6H10N2O.C6H10N2S.C6H9NO2.C6H9NOS.C5H9N3.C5H8N2OS.2C5H11NO/c1-6(2)8-5-11-4-7(3)9(8)10;3*1-4(2)6-7-5(3)9-8-6;2*1-4(2)5-3-6(8)7-9-5;1-4(2)5-6-3-7-8-5;1-3(2)4-5(8)7-9-6-4;2*1-4(2)5(7)6-3/h4-6H,1-3H3;3*4H,3H2,1-2H3,(H,7,8);2*3-4H,1-2H3,(H,7,8);3-4H,1-2H3,(H,6,7,8);3H,1-2H3,(H,7,8);2*4H,1-3H3,(H,6,7). The Morgan fingerprint density at radius 1 is 0.598 bits per heavy atom. The van der Waals surface area contributed by atoms with E-state index in [2.05, 4.69) is 136 Å². The second-order valence-electron chi connectivity index (χ2n) is 22.0. The SMILES string of the molecule is C=C1N=C(C(C)C)NO1.C=C1N=C(C(C)C)NO1.C=C1N=C(C(C)C)NS1.CC(C)c1cc(=O)[nH]o1.CC(C)c1cc(=O)[nH]s1.CC(C)c1ncn[nH]1.CC(C)c1ns[nH]c1=O.CNC(=O)C(C)C.CNC(=O)C(C)C.Cc1cocc(C(C)C)c1=O. The molecule has 0 radical (unpaired) electrons. The normalized spacial score (nSPS) is 12.5. The molecular weight excluding hydrogens is 1170 g/mol. The van der Waals surface area contributed by atoms with E-state index >= 15 is 0 Å². The first-order valence-electron chi connectivity index (χ1n) is 28.4. The summed E-state index contributed by atoms with van der Waals surface area (Å²) in [4.78, 5) is 90.6. The highest BCUT2D eigenvalue weighted by Crippen LogP contribution is 2.20. The number of aromatic nitrogens is 7. The maximum absolute atomic E-state index is 11.4. The molecule has 0 bridgehead atoms. The molecule has 0 saturated carbocycles. The van der Waals surface area contributed by atoms with Crippen molar-refractivity contribution < 1.29 is 28.2 Å². The smallest absolute Gasteiger partial charge is 0.281 e. The summed E-state index contributed by atoms with van der Waals surface area (Å²) in [6, 6.07) is 3.11. The van der Waals surface area contributed by atoms with Gasteiger partial charge in [-0.15, -0.1) is 0 Å². The number of aliphatic imine (C=N–C) groups is 3. The molecule has 0 unspecified atom stereocenters. The van der Waals surface area contributed by atoms with E-state index in [9.17, 15) is 28.8 Å². The Morgan fingerprint density at radius 3 is 1.31 bits per heavy atom. The number of H-pyrrole nitrogens is 4. The molecule has 488 valence electrons. The van der Waals surface area contributed by atoms with Gasteiger partial charge < -0.3 is 34.0 Å². The maximum Gasteiger partial charge on any atom is 0.281 e. The predicted molar refractivity (Wildman–Crippen MR) is 355 cm³/mol. The average Bonchev–Trinajstić information content (AvgIpc) is 4.53. The van der Waals surface area contributed by atoms with Crippen LogP contribution in [0, 0.1) is 36.5 Å². The summed E-state index contributed by atoms with van der Waals surface area (Å²) in [6.45, 7) is 52.3. The molecule has 0 aromatic carbocycles. The topological polar surface area (TPSA) is 346 Å². The summed E-state index contributed by atoms with van der Waals surface area (Å²) >= 11 is 4.01. The summed E-state index contributed by atoms with van der Waals surface area (Å²) in [5.41, 5.74) is 7.29. The Hall–Kier alpha value is -7.59. The van der Waals surface area contributed by atoms with Gasteiger partial charge in [0.1, 0.15) is 46.1 Å². The zero-order valence-corrected chi connectivity index (χ0v) is 57.7. The molecule has 28 heteroatoms. The number of hydrogen-bond acceptors (Lipinski definition) is 22. The van der Waals surface area contributed by atoms with Crippen LogP contribution in [-0.2, 0) is 19.3 Å². The van der Waals surface area contributed by atoms with Gasteiger partial charge in [0, 0.05) is 113 Å². The van der Waals surface area contributed by atoms with Gasteiger partial charge in [0.15, 0.2) is 5.43 Å².